The molecule has 1 aliphatic heterocycles. The number of benzene rings is 8. The number of hydrogen-bond donors (Lipinski definition) is 0. The molecule has 0 spiro atoms. The van der Waals surface area contributed by atoms with E-state index < -0.39 is 7.12 Å². The fourth-order valence-electron chi connectivity index (χ4n) is 11.3. The number of rotatable bonds is 3. The SMILES string of the molecule is CC1(C)c2ccccc2-c2cc3c4cc(B5OC(C)(C)C(C)(C)O5)ccc4n(-c4ccccc4)c3cc21.CC1(C)c2ccccc2-c2cc3c4cc(Br)ccc4n(-c4ccccc4)c3cc21. The largest absolute Gasteiger partial charge is 0.494 e. The molecular formula is C60H52BBrN2O2. The van der Waals surface area contributed by atoms with Crippen molar-refractivity contribution in [2.75, 3.05) is 0 Å². The molecule has 0 unspecified atom stereocenters. The lowest BCUT2D eigenvalue weighted by molar-refractivity contribution is 0.00578. The van der Waals surface area contributed by atoms with Crippen molar-refractivity contribution in [1.29, 1.82) is 0 Å². The minimum absolute atomic E-state index is 0.00132. The van der Waals surface area contributed by atoms with Gasteiger partial charge in [-0.05, 0) is 150 Å². The first-order valence-corrected chi connectivity index (χ1v) is 24.0. The Kier molecular flexibility index (Phi) is 9.01. The molecular weight excluding hydrogens is 871 g/mol. The van der Waals surface area contributed by atoms with Crippen molar-refractivity contribution in [3.63, 3.8) is 0 Å². The van der Waals surface area contributed by atoms with Crippen molar-refractivity contribution < 1.29 is 9.31 Å². The van der Waals surface area contributed by atoms with Gasteiger partial charge >= 0.3 is 7.12 Å². The Labute approximate surface area is 396 Å². The summed E-state index contributed by atoms with van der Waals surface area (Å²) in [5.41, 5.74) is 18.6. The molecule has 0 amide bonds. The van der Waals surface area contributed by atoms with E-state index in [2.05, 4.69) is 250 Å². The van der Waals surface area contributed by atoms with Crippen molar-refractivity contribution in [3.8, 4) is 33.6 Å². The summed E-state index contributed by atoms with van der Waals surface area (Å²) in [5.74, 6) is 0. The summed E-state index contributed by atoms with van der Waals surface area (Å²) in [6, 6.07) is 62.0. The van der Waals surface area contributed by atoms with Gasteiger partial charge in [0.25, 0.3) is 0 Å². The van der Waals surface area contributed by atoms with Gasteiger partial charge in [-0.15, -0.1) is 0 Å². The van der Waals surface area contributed by atoms with E-state index in [1.54, 1.807) is 0 Å². The molecule has 0 bridgehead atoms. The summed E-state index contributed by atoms with van der Waals surface area (Å²) >= 11 is 3.68. The standard InChI is InChI=1S/C33H32BNO2.C27H20BrN/c1-31(2)27-15-11-10-14-23(27)24-19-26-25-18-21(34-36-32(3,4)33(5,6)37-34)16-17-29(25)35(30(26)20-28(24)31)22-12-8-7-9-13-22;1-27(2)23-11-7-6-10-19(23)20-15-22-21-14-17(28)12-13-25(21)29(26(22)16-24(20)27)18-8-4-3-5-9-18/h7-20H,1-6H3;3-16H,1-2H3. The lowest BCUT2D eigenvalue weighted by atomic mass is 9.78. The maximum Gasteiger partial charge on any atom is 0.494 e. The van der Waals surface area contributed by atoms with Crippen LogP contribution in [0.25, 0.3) is 77.2 Å². The predicted octanol–water partition coefficient (Wildman–Crippen LogP) is 15.2. The summed E-state index contributed by atoms with van der Waals surface area (Å²) < 4.78 is 18.8. The van der Waals surface area contributed by atoms with E-state index in [1.165, 1.54) is 99.5 Å². The second-order valence-electron chi connectivity index (χ2n) is 20.5. The van der Waals surface area contributed by atoms with Crippen LogP contribution in [0, 0.1) is 0 Å². The molecule has 0 N–H and O–H groups in total. The maximum atomic E-state index is 6.42. The Morgan fingerprint density at radius 2 is 0.788 bits per heavy atom. The highest BCUT2D eigenvalue weighted by atomic mass is 79.9. The topological polar surface area (TPSA) is 28.3 Å². The van der Waals surface area contributed by atoms with E-state index in [9.17, 15) is 0 Å². The molecule has 13 rings (SSSR count). The molecule has 0 radical (unpaired) electrons. The maximum absolute atomic E-state index is 6.42. The quantitative estimate of drug-likeness (QED) is 0.165. The van der Waals surface area contributed by atoms with E-state index >= 15 is 0 Å². The third kappa shape index (κ3) is 5.97. The average molecular weight is 924 g/mol. The van der Waals surface area contributed by atoms with Crippen LogP contribution in [0.3, 0.4) is 0 Å². The number of halogens is 1. The number of fused-ring (bicyclic) bond motifs is 12. The zero-order valence-electron chi connectivity index (χ0n) is 38.8. The van der Waals surface area contributed by atoms with Crippen molar-refractivity contribution in [1.82, 2.24) is 9.13 Å². The molecule has 0 saturated carbocycles. The molecule has 0 atom stereocenters. The van der Waals surface area contributed by atoms with Crippen molar-refractivity contribution in [2.24, 2.45) is 0 Å². The molecule has 4 nitrogen and oxygen atoms in total. The number of nitrogens with zero attached hydrogens (tertiary/aromatic N) is 2. The second kappa shape index (κ2) is 14.4. The average Bonchev–Trinajstić information content (AvgIpc) is 4.01. The van der Waals surface area contributed by atoms with Gasteiger partial charge in [-0.1, -0.05) is 141 Å². The molecule has 1 fully saturated rings. The fourth-order valence-corrected chi connectivity index (χ4v) is 11.6. The Hall–Kier alpha value is -6.18. The van der Waals surface area contributed by atoms with Crippen LogP contribution in [0.2, 0.25) is 0 Å². The van der Waals surface area contributed by atoms with E-state index in [4.69, 9.17) is 9.31 Å². The molecule has 3 aliphatic rings. The zero-order chi connectivity index (χ0) is 45.5. The second-order valence-corrected chi connectivity index (χ2v) is 21.5. The Morgan fingerprint density at radius 1 is 0.379 bits per heavy atom. The van der Waals surface area contributed by atoms with Crippen LogP contribution >= 0.6 is 15.9 Å². The van der Waals surface area contributed by atoms with Gasteiger partial charge in [-0.3, -0.25) is 0 Å². The number of para-hydroxylation sites is 2. The van der Waals surface area contributed by atoms with Crippen molar-refractivity contribution >= 4 is 72.1 Å². The van der Waals surface area contributed by atoms with E-state index in [-0.39, 0.29) is 22.0 Å². The molecule has 10 aromatic rings. The smallest absolute Gasteiger partial charge is 0.399 e. The number of hydrogen-bond acceptors (Lipinski definition) is 2. The van der Waals surface area contributed by atoms with Gasteiger partial charge in [-0.25, -0.2) is 0 Å². The first-order valence-electron chi connectivity index (χ1n) is 23.2. The van der Waals surface area contributed by atoms with E-state index in [1.807, 2.05) is 0 Å². The molecule has 66 heavy (non-hydrogen) atoms. The Morgan fingerprint density at radius 3 is 1.27 bits per heavy atom. The van der Waals surface area contributed by atoms with Crippen LogP contribution in [-0.2, 0) is 20.1 Å². The minimum atomic E-state index is -0.390. The highest BCUT2D eigenvalue weighted by Crippen LogP contribution is 2.53. The molecule has 324 valence electrons. The molecule has 8 aromatic carbocycles. The fraction of sp³-hybridized carbons (Fsp3) is 0.200. The van der Waals surface area contributed by atoms with Crippen LogP contribution in [0.15, 0.2) is 174 Å². The Balaban J connectivity index is 0.000000142. The van der Waals surface area contributed by atoms with E-state index in [0.29, 0.717) is 0 Å². The monoisotopic (exact) mass is 922 g/mol. The van der Waals surface area contributed by atoms with Gasteiger partial charge < -0.3 is 18.4 Å². The van der Waals surface area contributed by atoms with Crippen LogP contribution in [0.4, 0.5) is 0 Å². The summed E-state index contributed by atoms with van der Waals surface area (Å²) in [7, 11) is -0.390. The molecule has 3 heterocycles. The van der Waals surface area contributed by atoms with E-state index in [0.717, 1.165) is 9.94 Å². The van der Waals surface area contributed by atoms with Crippen LogP contribution in [-0.4, -0.2) is 27.5 Å². The summed E-state index contributed by atoms with van der Waals surface area (Å²) in [6.45, 7) is 17.8. The van der Waals surface area contributed by atoms with Gasteiger partial charge in [0.1, 0.15) is 0 Å². The van der Waals surface area contributed by atoms with Crippen molar-refractivity contribution in [2.45, 2.75) is 77.4 Å². The van der Waals surface area contributed by atoms with Crippen LogP contribution in [0.5, 0.6) is 0 Å². The molecule has 2 aliphatic carbocycles. The molecule has 2 aromatic heterocycles. The predicted molar refractivity (Wildman–Crippen MR) is 280 cm³/mol. The molecule has 1 saturated heterocycles. The highest BCUT2D eigenvalue weighted by molar-refractivity contribution is 9.10. The first kappa shape index (κ1) is 41.3. The molecule has 6 heteroatoms. The van der Waals surface area contributed by atoms with Crippen molar-refractivity contribution in [3.05, 3.63) is 197 Å². The normalized spacial score (nSPS) is 16.9. The summed E-state index contributed by atoms with van der Waals surface area (Å²) in [6.07, 6.45) is 0. The van der Waals surface area contributed by atoms with Gasteiger partial charge in [-0.2, -0.15) is 0 Å². The minimum Gasteiger partial charge on any atom is -0.399 e. The summed E-state index contributed by atoms with van der Waals surface area (Å²) in [5, 5.41) is 5.05. The van der Waals surface area contributed by atoms with Gasteiger partial charge in [0.15, 0.2) is 0 Å². The van der Waals surface area contributed by atoms with Gasteiger partial charge in [0.2, 0.25) is 0 Å². The van der Waals surface area contributed by atoms with Gasteiger partial charge in [0.05, 0.1) is 33.3 Å². The third-order valence-electron chi connectivity index (χ3n) is 15.5. The first-order chi connectivity index (χ1) is 31.6. The lowest BCUT2D eigenvalue weighted by Crippen LogP contribution is -2.41. The van der Waals surface area contributed by atoms with Crippen LogP contribution < -0.4 is 5.46 Å². The van der Waals surface area contributed by atoms with Gasteiger partial charge in [0, 0.05) is 48.2 Å². The van der Waals surface area contributed by atoms with Crippen LogP contribution in [0.1, 0.15) is 77.6 Å². The number of aromatic nitrogens is 2. The zero-order valence-corrected chi connectivity index (χ0v) is 40.4. The Bertz CT molecular complexity index is 3600. The summed E-state index contributed by atoms with van der Waals surface area (Å²) in [4.78, 5) is 0. The highest BCUT2D eigenvalue weighted by Gasteiger charge is 2.52. The third-order valence-corrected chi connectivity index (χ3v) is 16.0. The lowest BCUT2D eigenvalue weighted by Gasteiger charge is -2.32.